The van der Waals surface area contributed by atoms with Crippen LogP contribution in [0.5, 0.6) is 0 Å². The van der Waals surface area contributed by atoms with E-state index in [9.17, 15) is 9.59 Å². The first kappa shape index (κ1) is 18.7. The molecule has 2 N–H and O–H groups in total. The maximum Gasteiger partial charge on any atom is 0.223 e. The van der Waals surface area contributed by atoms with E-state index in [1.54, 1.807) is 0 Å². The zero-order valence-corrected chi connectivity index (χ0v) is 14.4. The minimum absolute atomic E-state index is 0.0434. The summed E-state index contributed by atoms with van der Waals surface area (Å²) in [6.07, 6.45) is 1.31. The molecule has 0 aliphatic carbocycles. The van der Waals surface area contributed by atoms with Gasteiger partial charge in [-0.25, -0.2) is 0 Å². The van der Waals surface area contributed by atoms with Gasteiger partial charge < -0.3 is 10.6 Å². The molecular formula is C21H25N2O2. The summed E-state index contributed by atoms with van der Waals surface area (Å²) in [6, 6.07) is 19.5. The van der Waals surface area contributed by atoms with Crippen molar-refractivity contribution < 1.29 is 9.59 Å². The highest BCUT2D eigenvalue weighted by Gasteiger charge is 2.17. The van der Waals surface area contributed by atoms with Crippen LogP contribution in [0.1, 0.15) is 30.4 Å². The molecule has 1 unspecified atom stereocenters. The van der Waals surface area contributed by atoms with Gasteiger partial charge in [0.2, 0.25) is 11.8 Å². The summed E-state index contributed by atoms with van der Waals surface area (Å²) in [6.45, 7) is 4.85. The molecule has 0 aromatic heterocycles. The van der Waals surface area contributed by atoms with Gasteiger partial charge in [-0.1, -0.05) is 67.6 Å². The summed E-state index contributed by atoms with van der Waals surface area (Å²) >= 11 is 0. The van der Waals surface area contributed by atoms with Crippen LogP contribution in [0.3, 0.4) is 0 Å². The molecule has 25 heavy (non-hydrogen) atoms. The van der Waals surface area contributed by atoms with E-state index in [0.717, 1.165) is 11.1 Å². The van der Waals surface area contributed by atoms with Crippen LogP contribution in [0, 0.1) is 12.8 Å². The molecule has 0 bridgehead atoms. The van der Waals surface area contributed by atoms with Crippen LogP contribution in [0.25, 0.3) is 0 Å². The summed E-state index contributed by atoms with van der Waals surface area (Å²) < 4.78 is 0. The van der Waals surface area contributed by atoms with E-state index in [4.69, 9.17) is 0 Å². The van der Waals surface area contributed by atoms with Gasteiger partial charge >= 0.3 is 0 Å². The molecule has 1 radical (unpaired) electrons. The fourth-order valence-electron chi connectivity index (χ4n) is 2.53. The lowest BCUT2D eigenvalue weighted by Gasteiger charge is -2.15. The highest BCUT2D eigenvalue weighted by atomic mass is 16.2. The third-order valence-corrected chi connectivity index (χ3v) is 4.08. The van der Waals surface area contributed by atoms with Gasteiger partial charge in [-0.3, -0.25) is 9.59 Å². The lowest BCUT2D eigenvalue weighted by atomic mass is 9.99. The van der Waals surface area contributed by atoms with Gasteiger partial charge in [0.1, 0.15) is 0 Å². The summed E-state index contributed by atoms with van der Waals surface area (Å²) in [5, 5.41) is 5.81. The molecule has 0 saturated heterocycles. The first-order valence-electron chi connectivity index (χ1n) is 8.60. The molecular weight excluding hydrogens is 312 g/mol. The zero-order chi connectivity index (χ0) is 17.9. The van der Waals surface area contributed by atoms with Crippen molar-refractivity contribution in [3.63, 3.8) is 0 Å². The first-order valence-corrected chi connectivity index (χ1v) is 8.60. The molecule has 0 aliphatic rings. The van der Waals surface area contributed by atoms with Crippen molar-refractivity contribution >= 4 is 11.8 Å². The van der Waals surface area contributed by atoms with Crippen molar-refractivity contribution in [3.8, 4) is 0 Å². The normalized spacial score (nSPS) is 11.6. The maximum absolute atomic E-state index is 12.3. The Bertz CT molecular complexity index is 656. The SMILES string of the molecule is [CH2]CC(CCC(=O)NCc1ccccc1)C(=O)NCc1ccccc1. The van der Waals surface area contributed by atoms with Crippen molar-refractivity contribution in [2.24, 2.45) is 5.92 Å². The van der Waals surface area contributed by atoms with Crippen molar-refractivity contribution in [2.45, 2.75) is 32.4 Å². The number of benzene rings is 2. The van der Waals surface area contributed by atoms with Gasteiger partial charge in [0, 0.05) is 25.4 Å². The van der Waals surface area contributed by atoms with Crippen LogP contribution in [0.4, 0.5) is 0 Å². The van der Waals surface area contributed by atoms with E-state index in [1.165, 1.54) is 0 Å². The lowest BCUT2D eigenvalue weighted by molar-refractivity contribution is -0.126. The molecule has 0 heterocycles. The van der Waals surface area contributed by atoms with Crippen molar-refractivity contribution in [1.29, 1.82) is 0 Å². The van der Waals surface area contributed by atoms with Gasteiger partial charge in [0.05, 0.1) is 0 Å². The number of carbonyl (C=O) groups excluding carboxylic acids is 2. The van der Waals surface area contributed by atoms with Crippen LogP contribution in [0.2, 0.25) is 0 Å². The third-order valence-electron chi connectivity index (χ3n) is 4.08. The summed E-state index contributed by atoms with van der Waals surface area (Å²) in [7, 11) is 0. The predicted octanol–water partition coefficient (Wildman–Crippen LogP) is 3.24. The molecule has 2 rings (SSSR count). The van der Waals surface area contributed by atoms with E-state index >= 15 is 0 Å². The molecule has 0 fully saturated rings. The molecule has 0 saturated carbocycles. The standard InChI is InChI=1S/C21H25N2O2/c1-2-19(21(25)23-16-18-11-7-4-8-12-18)13-14-20(24)22-15-17-9-5-3-6-10-17/h3-12,19H,1-2,13-16H2,(H,22,24)(H,23,25). The Morgan fingerprint density at radius 3 is 1.88 bits per heavy atom. The average Bonchev–Trinajstić information content (AvgIpc) is 2.67. The highest BCUT2D eigenvalue weighted by Crippen LogP contribution is 2.12. The second-order valence-corrected chi connectivity index (χ2v) is 5.99. The Kier molecular flexibility index (Phi) is 7.70. The van der Waals surface area contributed by atoms with Crippen molar-refractivity contribution in [1.82, 2.24) is 10.6 Å². The Morgan fingerprint density at radius 2 is 1.36 bits per heavy atom. The molecule has 4 heteroatoms. The molecule has 2 aromatic carbocycles. The zero-order valence-electron chi connectivity index (χ0n) is 14.4. The number of nitrogens with one attached hydrogen (secondary N) is 2. The van der Waals surface area contributed by atoms with Gasteiger partial charge in [0.15, 0.2) is 0 Å². The second kappa shape index (κ2) is 10.3. The molecule has 2 amide bonds. The smallest absolute Gasteiger partial charge is 0.223 e. The van der Waals surface area contributed by atoms with E-state index in [1.807, 2.05) is 60.7 Å². The number of hydrogen-bond donors (Lipinski definition) is 2. The lowest BCUT2D eigenvalue weighted by Crippen LogP contribution is -2.31. The summed E-state index contributed by atoms with van der Waals surface area (Å²) in [5.41, 5.74) is 2.12. The number of amides is 2. The topological polar surface area (TPSA) is 58.2 Å². The number of rotatable bonds is 9. The Labute approximate surface area is 149 Å². The van der Waals surface area contributed by atoms with Crippen molar-refractivity contribution in [3.05, 3.63) is 78.7 Å². The minimum atomic E-state index is -0.244. The molecule has 4 nitrogen and oxygen atoms in total. The Balaban J connectivity index is 1.71. The van der Waals surface area contributed by atoms with Gasteiger partial charge in [-0.05, 0) is 24.0 Å². The van der Waals surface area contributed by atoms with Gasteiger partial charge in [-0.2, -0.15) is 0 Å². The van der Waals surface area contributed by atoms with Crippen LogP contribution in [0.15, 0.2) is 60.7 Å². The van der Waals surface area contributed by atoms with Crippen LogP contribution < -0.4 is 10.6 Å². The monoisotopic (exact) mass is 337 g/mol. The first-order chi connectivity index (χ1) is 12.2. The van der Waals surface area contributed by atoms with Gasteiger partial charge in [-0.15, -0.1) is 0 Å². The minimum Gasteiger partial charge on any atom is -0.352 e. The molecule has 0 spiro atoms. The van der Waals surface area contributed by atoms with Crippen LogP contribution in [-0.4, -0.2) is 11.8 Å². The predicted molar refractivity (Wildman–Crippen MR) is 99.3 cm³/mol. The number of hydrogen-bond acceptors (Lipinski definition) is 2. The quantitative estimate of drug-likeness (QED) is 0.738. The summed E-state index contributed by atoms with van der Waals surface area (Å²) in [5.74, 6) is -0.334. The average molecular weight is 337 g/mol. The second-order valence-electron chi connectivity index (χ2n) is 5.99. The maximum atomic E-state index is 12.3. The van der Waals surface area contributed by atoms with E-state index in [0.29, 0.717) is 32.4 Å². The van der Waals surface area contributed by atoms with Crippen LogP contribution >= 0.6 is 0 Å². The van der Waals surface area contributed by atoms with E-state index in [2.05, 4.69) is 17.6 Å². The number of carbonyl (C=O) groups is 2. The molecule has 0 aliphatic heterocycles. The van der Waals surface area contributed by atoms with Gasteiger partial charge in [0.25, 0.3) is 0 Å². The van der Waals surface area contributed by atoms with Crippen molar-refractivity contribution in [2.75, 3.05) is 0 Å². The molecule has 1 atom stereocenters. The Hall–Kier alpha value is -2.62. The van der Waals surface area contributed by atoms with E-state index in [-0.39, 0.29) is 17.7 Å². The van der Waals surface area contributed by atoms with E-state index < -0.39 is 0 Å². The third kappa shape index (κ3) is 6.79. The fourth-order valence-corrected chi connectivity index (χ4v) is 2.53. The Morgan fingerprint density at radius 1 is 0.840 bits per heavy atom. The highest BCUT2D eigenvalue weighted by molar-refractivity contribution is 5.80. The fraction of sp³-hybridized carbons (Fsp3) is 0.286. The largest absolute Gasteiger partial charge is 0.352 e. The molecule has 131 valence electrons. The van der Waals surface area contributed by atoms with Crippen LogP contribution in [-0.2, 0) is 22.7 Å². The molecule has 2 aromatic rings. The summed E-state index contributed by atoms with van der Waals surface area (Å²) in [4.78, 5) is 24.2.